The van der Waals surface area contributed by atoms with Crippen molar-refractivity contribution in [2.24, 2.45) is 5.84 Å². The van der Waals surface area contributed by atoms with Crippen molar-refractivity contribution in [1.29, 1.82) is 0 Å². The predicted octanol–water partition coefficient (Wildman–Crippen LogP) is 1.27. The number of carbonyl (C=O) groups excluding carboxylic acids is 1. The molecule has 1 aliphatic rings. The molecular weight excluding hydrogens is 230 g/mol. The van der Waals surface area contributed by atoms with Gasteiger partial charge in [-0.2, -0.15) is 0 Å². The van der Waals surface area contributed by atoms with E-state index >= 15 is 0 Å². The van der Waals surface area contributed by atoms with E-state index in [1.165, 1.54) is 0 Å². The highest BCUT2D eigenvalue weighted by molar-refractivity contribution is 5.99. The molecule has 18 heavy (non-hydrogen) atoms. The molecule has 0 spiro atoms. The highest BCUT2D eigenvalue weighted by Gasteiger charge is 2.30. The molecule has 1 unspecified atom stereocenters. The summed E-state index contributed by atoms with van der Waals surface area (Å²) in [6, 6.07) is 7.17. The van der Waals surface area contributed by atoms with Gasteiger partial charge in [0.15, 0.2) is 0 Å². The average Bonchev–Trinajstić information content (AvgIpc) is 2.39. The third-order valence-electron chi connectivity index (χ3n) is 3.18. The number of nitrogens with two attached hydrogens (primary N) is 1. The topological polar surface area (TPSA) is 76.4 Å². The zero-order chi connectivity index (χ0) is 13.0. The van der Waals surface area contributed by atoms with E-state index in [0.717, 1.165) is 19.4 Å². The maximum absolute atomic E-state index is 12.2. The number of ether oxygens (including phenoxy) is 1. The molecule has 1 amide bonds. The molecular formula is C13H19N3O2. The van der Waals surface area contributed by atoms with Crippen LogP contribution in [-0.2, 0) is 4.74 Å². The molecule has 98 valence electrons. The standard InChI is InChI=1S/C13H19N3O2/c1-13(7-4-8-18-9-13)15-12(17)10-5-2-3-6-11(10)16-14/h2-3,5-6,16H,4,7-9,14H2,1H3,(H,15,17). The van der Waals surface area contributed by atoms with E-state index in [0.29, 0.717) is 17.9 Å². The Balaban J connectivity index is 2.11. The van der Waals surface area contributed by atoms with E-state index in [1.807, 2.05) is 19.1 Å². The quantitative estimate of drug-likeness (QED) is 0.557. The van der Waals surface area contributed by atoms with Crippen LogP contribution in [0.1, 0.15) is 30.1 Å². The van der Waals surface area contributed by atoms with Crippen LogP contribution in [0.25, 0.3) is 0 Å². The number of hydrazine groups is 1. The summed E-state index contributed by atoms with van der Waals surface area (Å²) in [6.45, 7) is 3.33. The maximum Gasteiger partial charge on any atom is 0.253 e. The number of hydrogen-bond donors (Lipinski definition) is 3. The van der Waals surface area contributed by atoms with Gasteiger partial charge < -0.3 is 15.5 Å². The Morgan fingerprint density at radius 1 is 1.44 bits per heavy atom. The van der Waals surface area contributed by atoms with Crippen LogP contribution in [0.3, 0.4) is 0 Å². The lowest BCUT2D eigenvalue weighted by atomic mass is 9.94. The number of hydrogen-bond acceptors (Lipinski definition) is 4. The summed E-state index contributed by atoms with van der Waals surface area (Å²) < 4.78 is 5.42. The summed E-state index contributed by atoms with van der Waals surface area (Å²) in [6.07, 6.45) is 1.89. The second kappa shape index (κ2) is 5.37. The fraction of sp³-hybridized carbons (Fsp3) is 0.462. The van der Waals surface area contributed by atoms with Gasteiger partial charge in [-0.25, -0.2) is 0 Å². The SMILES string of the molecule is CC1(NC(=O)c2ccccc2NN)CCCOC1. The molecule has 1 atom stereocenters. The van der Waals surface area contributed by atoms with Crippen LogP contribution >= 0.6 is 0 Å². The monoisotopic (exact) mass is 249 g/mol. The third-order valence-corrected chi connectivity index (χ3v) is 3.18. The van der Waals surface area contributed by atoms with Crippen molar-refractivity contribution in [3.8, 4) is 0 Å². The van der Waals surface area contributed by atoms with Crippen molar-refractivity contribution in [3.05, 3.63) is 29.8 Å². The van der Waals surface area contributed by atoms with Gasteiger partial charge in [0.25, 0.3) is 5.91 Å². The first-order chi connectivity index (χ1) is 8.64. The number of anilines is 1. The lowest BCUT2D eigenvalue weighted by Crippen LogP contribution is -2.51. The average molecular weight is 249 g/mol. The third kappa shape index (κ3) is 2.80. The number of para-hydroxylation sites is 1. The zero-order valence-corrected chi connectivity index (χ0v) is 10.5. The van der Waals surface area contributed by atoms with Crippen LogP contribution in [0.5, 0.6) is 0 Å². The molecule has 1 aromatic rings. The summed E-state index contributed by atoms with van der Waals surface area (Å²) in [7, 11) is 0. The first-order valence-corrected chi connectivity index (χ1v) is 6.10. The van der Waals surface area contributed by atoms with Crippen LogP contribution < -0.4 is 16.6 Å². The second-order valence-electron chi connectivity index (χ2n) is 4.86. The zero-order valence-electron chi connectivity index (χ0n) is 10.5. The minimum absolute atomic E-state index is 0.128. The Labute approximate surface area is 107 Å². The number of rotatable bonds is 3. The number of nitrogens with one attached hydrogen (secondary N) is 2. The van der Waals surface area contributed by atoms with E-state index in [-0.39, 0.29) is 11.4 Å². The second-order valence-corrected chi connectivity index (χ2v) is 4.86. The number of benzene rings is 1. The minimum Gasteiger partial charge on any atom is -0.379 e. The van der Waals surface area contributed by atoms with Crippen LogP contribution in [0, 0.1) is 0 Å². The van der Waals surface area contributed by atoms with Gasteiger partial charge in [-0.3, -0.25) is 10.6 Å². The highest BCUT2D eigenvalue weighted by atomic mass is 16.5. The molecule has 5 heteroatoms. The Bertz CT molecular complexity index is 428. The molecule has 1 heterocycles. The molecule has 0 bridgehead atoms. The summed E-state index contributed by atoms with van der Waals surface area (Å²) in [4.78, 5) is 12.2. The van der Waals surface area contributed by atoms with Gasteiger partial charge in [0.05, 0.1) is 23.4 Å². The van der Waals surface area contributed by atoms with Crippen molar-refractivity contribution < 1.29 is 9.53 Å². The van der Waals surface area contributed by atoms with E-state index in [9.17, 15) is 4.79 Å². The molecule has 0 saturated carbocycles. The Hall–Kier alpha value is -1.59. The van der Waals surface area contributed by atoms with E-state index in [1.54, 1.807) is 12.1 Å². The summed E-state index contributed by atoms with van der Waals surface area (Å²) in [5, 5.41) is 3.03. The highest BCUT2D eigenvalue weighted by Crippen LogP contribution is 2.20. The molecule has 0 radical (unpaired) electrons. The lowest BCUT2D eigenvalue weighted by molar-refractivity contribution is 0.0273. The van der Waals surface area contributed by atoms with E-state index < -0.39 is 0 Å². The molecule has 4 N–H and O–H groups in total. The fourth-order valence-corrected chi connectivity index (χ4v) is 2.18. The molecule has 1 saturated heterocycles. The van der Waals surface area contributed by atoms with Crippen LogP contribution in [0.2, 0.25) is 0 Å². The van der Waals surface area contributed by atoms with Gasteiger partial charge in [-0.15, -0.1) is 0 Å². The fourth-order valence-electron chi connectivity index (χ4n) is 2.18. The molecule has 1 aromatic carbocycles. The molecule has 0 aliphatic carbocycles. The molecule has 1 aliphatic heterocycles. The van der Waals surface area contributed by atoms with Crippen molar-refractivity contribution in [2.45, 2.75) is 25.3 Å². The van der Waals surface area contributed by atoms with Gasteiger partial charge in [-0.1, -0.05) is 12.1 Å². The van der Waals surface area contributed by atoms with E-state index in [2.05, 4.69) is 10.7 Å². The van der Waals surface area contributed by atoms with Gasteiger partial charge in [-0.05, 0) is 31.9 Å². The minimum atomic E-state index is -0.295. The van der Waals surface area contributed by atoms with Crippen LogP contribution in [0.15, 0.2) is 24.3 Å². The summed E-state index contributed by atoms with van der Waals surface area (Å²) in [5.41, 5.74) is 3.41. The van der Waals surface area contributed by atoms with Gasteiger partial charge in [0, 0.05) is 6.61 Å². The maximum atomic E-state index is 12.2. The molecule has 0 aromatic heterocycles. The smallest absolute Gasteiger partial charge is 0.253 e. The first kappa shape index (κ1) is 12.9. The van der Waals surface area contributed by atoms with Crippen molar-refractivity contribution in [2.75, 3.05) is 18.6 Å². The van der Waals surface area contributed by atoms with Gasteiger partial charge in [0.2, 0.25) is 0 Å². The van der Waals surface area contributed by atoms with Crippen molar-refractivity contribution >= 4 is 11.6 Å². The Kier molecular flexibility index (Phi) is 3.84. The summed E-state index contributed by atoms with van der Waals surface area (Å²) in [5.74, 6) is 5.27. The van der Waals surface area contributed by atoms with Crippen LogP contribution in [-0.4, -0.2) is 24.7 Å². The molecule has 2 rings (SSSR count). The number of nitrogen functional groups attached to an aromatic ring is 1. The Morgan fingerprint density at radius 3 is 2.89 bits per heavy atom. The number of carbonyl (C=O) groups is 1. The first-order valence-electron chi connectivity index (χ1n) is 6.10. The van der Waals surface area contributed by atoms with Gasteiger partial charge >= 0.3 is 0 Å². The lowest BCUT2D eigenvalue weighted by Gasteiger charge is -2.34. The number of amides is 1. The normalized spacial score (nSPS) is 23.4. The Morgan fingerprint density at radius 2 is 2.22 bits per heavy atom. The van der Waals surface area contributed by atoms with E-state index in [4.69, 9.17) is 10.6 Å². The molecule has 1 fully saturated rings. The van der Waals surface area contributed by atoms with Gasteiger partial charge in [0.1, 0.15) is 0 Å². The summed E-state index contributed by atoms with van der Waals surface area (Å²) >= 11 is 0. The predicted molar refractivity (Wildman–Crippen MR) is 70.2 cm³/mol. The largest absolute Gasteiger partial charge is 0.379 e. The van der Waals surface area contributed by atoms with Crippen LogP contribution in [0.4, 0.5) is 5.69 Å². The van der Waals surface area contributed by atoms with Crippen molar-refractivity contribution in [1.82, 2.24) is 5.32 Å². The van der Waals surface area contributed by atoms with Crippen molar-refractivity contribution in [3.63, 3.8) is 0 Å². The molecule has 5 nitrogen and oxygen atoms in total.